The normalized spacial score (nSPS) is 10.9. The highest BCUT2D eigenvalue weighted by molar-refractivity contribution is 8.00. The number of carbonyl (C=O) groups excluding carboxylic acids is 1. The van der Waals surface area contributed by atoms with Crippen molar-refractivity contribution in [2.24, 2.45) is 0 Å². The van der Waals surface area contributed by atoms with Gasteiger partial charge in [0.15, 0.2) is 5.58 Å². The molecule has 0 radical (unpaired) electrons. The van der Waals surface area contributed by atoms with E-state index in [4.69, 9.17) is 16.0 Å². The van der Waals surface area contributed by atoms with E-state index in [1.54, 1.807) is 0 Å². The summed E-state index contributed by atoms with van der Waals surface area (Å²) in [5.41, 5.74) is 4.33. The number of rotatable bonds is 5. The Morgan fingerprint density at radius 2 is 1.82 bits per heavy atom. The molecule has 1 heterocycles. The number of hydrogen-bond acceptors (Lipinski definition) is 4. The summed E-state index contributed by atoms with van der Waals surface area (Å²) in [5.74, 6) is 0.829. The van der Waals surface area contributed by atoms with Crippen LogP contribution in [-0.2, 0) is 4.79 Å². The Bertz CT molecular complexity index is 1120. The van der Waals surface area contributed by atoms with Gasteiger partial charge in [0, 0.05) is 21.2 Å². The highest BCUT2D eigenvalue weighted by atomic mass is 35.5. The van der Waals surface area contributed by atoms with Gasteiger partial charge in [0.2, 0.25) is 11.8 Å². The van der Waals surface area contributed by atoms with Crippen molar-refractivity contribution >= 4 is 46.1 Å². The Morgan fingerprint density at radius 3 is 2.57 bits per heavy atom. The summed E-state index contributed by atoms with van der Waals surface area (Å²) in [6.07, 6.45) is 0. The van der Waals surface area contributed by atoms with Crippen molar-refractivity contribution in [1.29, 1.82) is 0 Å². The predicted molar refractivity (Wildman–Crippen MR) is 115 cm³/mol. The van der Waals surface area contributed by atoms with E-state index in [9.17, 15) is 4.79 Å². The first kappa shape index (κ1) is 18.6. The second-order valence-electron chi connectivity index (χ2n) is 6.36. The lowest BCUT2D eigenvalue weighted by Crippen LogP contribution is -2.13. The van der Waals surface area contributed by atoms with Crippen LogP contribution >= 0.6 is 23.4 Å². The molecule has 0 aliphatic heterocycles. The lowest BCUT2D eigenvalue weighted by Gasteiger charge is -2.06. The smallest absolute Gasteiger partial charge is 0.234 e. The first-order valence-corrected chi connectivity index (χ1v) is 10.1. The van der Waals surface area contributed by atoms with E-state index in [1.807, 2.05) is 73.7 Å². The molecule has 0 unspecified atom stereocenters. The second-order valence-corrected chi connectivity index (χ2v) is 7.84. The molecule has 0 aliphatic carbocycles. The fraction of sp³-hybridized carbons (Fsp3) is 0.0909. The molecule has 1 amide bonds. The molecule has 28 heavy (non-hydrogen) atoms. The number of aromatic nitrogens is 1. The summed E-state index contributed by atoms with van der Waals surface area (Å²) < 4.78 is 5.84. The molecule has 0 fully saturated rings. The Morgan fingerprint density at radius 1 is 1.07 bits per heavy atom. The molecule has 0 saturated carbocycles. The van der Waals surface area contributed by atoms with Crippen LogP contribution in [0.15, 0.2) is 76.0 Å². The summed E-state index contributed by atoms with van der Waals surface area (Å²) in [6, 6.07) is 20.8. The van der Waals surface area contributed by atoms with Gasteiger partial charge in [-0.15, -0.1) is 11.8 Å². The van der Waals surface area contributed by atoms with Crippen LogP contribution in [0.25, 0.3) is 22.6 Å². The van der Waals surface area contributed by atoms with Crippen molar-refractivity contribution in [3.8, 4) is 11.5 Å². The number of halogens is 1. The lowest BCUT2D eigenvalue weighted by atomic mass is 10.2. The molecular weight excluding hydrogens is 392 g/mol. The zero-order chi connectivity index (χ0) is 19.5. The van der Waals surface area contributed by atoms with Crippen molar-refractivity contribution < 1.29 is 9.21 Å². The standard InChI is InChI=1S/C22H17ClN2O2S/c1-14-2-11-19-20(12-14)27-22(25-19)15-3-7-17(8-4-15)24-21(26)13-28-18-9-5-16(23)6-10-18/h2-12H,13H2,1H3,(H,24,26). The van der Waals surface area contributed by atoms with Crippen LogP contribution in [0.2, 0.25) is 5.02 Å². The maximum Gasteiger partial charge on any atom is 0.234 e. The number of nitrogens with zero attached hydrogens (tertiary/aromatic N) is 1. The zero-order valence-electron chi connectivity index (χ0n) is 15.1. The third-order valence-electron chi connectivity index (χ3n) is 4.14. The third kappa shape index (κ3) is 4.38. The van der Waals surface area contributed by atoms with Gasteiger partial charge in [0.25, 0.3) is 0 Å². The highest BCUT2D eigenvalue weighted by Crippen LogP contribution is 2.26. The average Bonchev–Trinajstić information content (AvgIpc) is 3.11. The van der Waals surface area contributed by atoms with Gasteiger partial charge >= 0.3 is 0 Å². The van der Waals surface area contributed by atoms with Crippen LogP contribution in [0.1, 0.15) is 5.56 Å². The van der Waals surface area contributed by atoms with E-state index < -0.39 is 0 Å². The Hall–Kier alpha value is -2.76. The molecule has 6 heteroatoms. The molecule has 4 nitrogen and oxygen atoms in total. The van der Waals surface area contributed by atoms with Crippen molar-refractivity contribution in [2.75, 3.05) is 11.1 Å². The van der Waals surface area contributed by atoms with E-state index >= 15 is 0 Å². The monoisotopic (exact) mass is 408 g/mol. The average molecular weight is 409 g/mol. The van der Waals surface area contributed by atoms with Crippen LogP contribution in [-0.4, -0.2) is 16.6 Å². The van der Waals surface area contributed by atoms with Gasteiger partial charge in [0.05, 0.1) is 5.75 Å². The van der Waals surface area contributed by atoms with E-state index in [2.05, 4.69) is 10.3 Å². The fourth-order valence-corrected chi connectivity index (χ4v) is 3.55. The number of anilines is 1. The van der Waals surface area contributed by atoms with E-state index in [0.717, 1.165) is 32.8 Å². The molecule has 1 N–H and O–H groups in total. The van der Waals surface area contributed by atoms with Crippen LogP contribution in [0, 0.1) is 6.92 Å². The van der Waals surface area contributed by atoms with Gasteiger partial charge in [0.1, 0.15) is 5.52 Å². The molecule has 0 atom stereocenters. The van der Waals surface area contributed by atoms with Crippen molar-refractivity contribution in [3.63, 3.8) is 0 Å². The largest absolute Gasteiger partial charge is 0.436 e. The number of fused-ring (bicyclic) bond motifs is 1. The lowest BCUT2D eigenvalue weighted by molar-refractivity contribution is -0.113. The minimum absolute atomic E-state index is 0.0648. The number of oxazole rings is 1. The van der Waals surface area contributed by atoms with Gasteiger partial charge in [-0.25, -0.2) is 4.98 Å². The first-order valence-electron chi connectivity index (χ1n) is 8.73. The maximum atomic E-state index is 12.2. The third-order valence-corrected chi connectivity index (χ3v) is 5.41. The molecule has 1 aromatic heterocycles. The Kier molecular flexibility index (Phi) is 5.37. The minimum Gasteiger partial charge on any atom is -0.436 e. The van der Waals surface area contributed by atoms with E-state index in [-0.39, 0.29) is 5.91 Å². The SMILES string of the molecule is Cc1ccc2nc(-c3ccc(NC(=O)CSc4ccc(Cl)cc4)cc3)oc2c1. The number of benzene rings is 3. The van der Waals surface area contributed by atoms with Crippen LogP contribution < -0.4 is 5.32 Å². The van der Waals surface area contributed by atoms with Gasteiger partial charge in [-0.05, 0) is 73.2 Å². The Balaban J connectivity index is 1.39. The fourth-order valence-electron chi connectivity index (χ4n) is 2.73. The molecule has 0 spiro atoms. The summed E-state index contributed by atoms with van der Waals surface area (Å²) in [4.78, 5) is 17.7. The molecule has 3 aromatic carbocycles. The number of carbonyl (C=O) groups is 1. The summed E-state index contributed by atoms with van der Waals surface area (Å²) in [5, 5.41) is 3.58. The second kappa shape index (κ2) is 8.09. The molecular formula is C22H17ClN2O2S. The number of nitrogens with one attached hydrogen (secondary N) is 1. The van der Waals surface area contributed by atoms with Gasteiger partial charge < -0.3 is 9.73 Å². The first-order chi connectivity index (χ1) is 13.6. The van der Waals surface area contributed by atoms with Crippen LogP contribution in [0.3, 0.4) is 0 Å². The molecule has 4 aromatic rings. The minimum atomic E-state index is -0.0648. The number of thioether (sulfide) groups is 1. The van der Waals surface area contributed by atoms with Crippen molar-refractivity contribution in [3.05, 3.63) is 77.3 Å². The molecule has 0 bridgehead atoms. The van der Waals surface area contributed by atoms with E-state index in [0.29, 0.717) is 16.7 Å². The summed E-state index contributed by atoms with van der Waals surface area (Å²) >= 11 is 7.33. The highest BCUT2D eigenvalue weighted by Gasteiger charge is 2.09. The van der Waals surface area contributed by atoms with Crippen LogP contribution in [0.5, 0.6) is 0 Å². The number of aryl methyl sites for hydroxylation is 1. The topological polar surface area (TPSA) is 55.1 Å². The van der Waals surface area contributed by atoms with Crippen LogP contribution in [0.4, 0.5) is 5.69 Å². The summed E-state index contributed by atoms with van der Waals surface area (Å²) in [7, 11) is 0. The zero-order valence-corrected chi connectivity index (χ0v) is 16.7. The predicted octanol–water partition coefficient (Wildman–Crippen LogP) is 6.19. The molecule has 0 saturated heterocycles. The van der Waals surface area contributed by atoms with E-state index in [1.165, 1.54) is 11.8 Å². The van der Waals surface area contributed by atoms with Gasteiger partial charge in [-0.2, -0.15) is 0 Å². The number of amides is 1. The molecule has 4 rings (SSSR count). The van der Waals surface area contributed by atoms with Gasteiger partial charge in [-0.3, -0.25) is 4.79 Å². The van der Waals surface area contributed by atoms with Gasteiger partial charge in [-0.1, -0.05) is 17.7 Å². The molecule has 0 aliphatic rings. The number of hydrogen-bond donors (Lipinski definition) is 1. The Labute approximate surface area is 171 Å². The quantitative estimate of drug-likeness (QED) is 0.400. The molecule has 140 valence electrons. The van der Waals surface area contributed by atoms with Crippen molar-refractivity contribution in [2.45, 2.75) is 11.8 Å². The van der Waals surface area contributed by atoms with Crippen molar-refractivity contribution in [1.82, 2.24) is 4.98 Å². The maximum absolute atomic E-state index is 12.2. The summed E-state index contributed by atoms with van der Waals surface area (Å²) in [6.45, 7) is 2.02.